The van der Waals surface area contributed by atoms with Crippen molar-refractivity contribution >= 4 is 44.3 Å². The van der Waals surface area contributed by atoms with Gasteiger partial charge in [-0.15, -0.1) is 11.3 Å². The van der Waals surface area contributed by atoms with Crippen LogP contribution in [-0.2, 0) is 6.42 Å². The maximum atomic E-state index is 12.6. The molecule has 1 aromatic carbocycles. The number of hydrogen-bond acceptors (Lipinski definition) is 6. The number of urea groups is 1. The molecule has 0 saturated carbocycles. The summed E-state index contributed by atoms with van der Waals surface area (Å²) in [5.74, 6) is -0.719. The Hall–Kier alpha value is -3.33. The quantitative estimate of drug-likeness (QED) is 0.672. The molecule has 0 saturated heterocycles. The normalized spacial score (nSPS) is 10.7. The van der Waals surface area contributed by atoms with Crippen LogP contribution >= 0.6 is 11.3 Å². The minimum absolute atomic E-state index is 0.226. The largest absolute Gasteiger partial charge is 0.497 e. The Morgan fingerprint density at radius 1 is 1.25 bits per heavy atom. The number of rotatable bonds is 5. The van der Waals surface area contributed by atoms with Gasteiger partial charge in [0.25, 0.3) is 0 Å². The lowest BCUT2D eigenvalue weighted by molar-refractivity contribution is 0.0692. The van der Waals surface area contributed by atoms with Crippen molar-refractivity contribution in [3.05, 3.63) is 51.9 Å². The first-order valence-electron chi connectivity index (χ1n) is 8.36. The Kier molecular flexibility index (Phi) is 5.36. The summed E-state index contributed by atoms with van der Waals surface area (Å²) in [6.07, 6.45) is 0.789. The minimum Gasteiger partial charge on any atom is -0.497 e. The number of carboxylic acids is 1. The summed E-state index contributed by atoms with van der Waals surface area (Å²) in [5, 5.41) is 12.3. The number of nitrogens with one attached hydrogen (secondary N) is 1. The highest BCUT2D eigenvalue weighted by atomic mass is 32.1. The van der Waals surface area contributed by atoms with E-state index in [4.69, 9.17) is 14.3 Å². The maximum Gasteiger partial charge on any atom is 0.351 e. The molecule has 8 nitrogen and oxygen atoms in total. The number of carboxylic acid groups (broad SMARTS) is 1. The third-order valence-electron chi connectivity index (χ3n) is 4.14. The lowest BCUT2D eigenvalue weighted by Crippen LogP contribution is -2.30. The van der Waals surface area contributed by atoms with Gasteiger partial charge in [0.1, 0.15) is 16.3 Å². The smallest absolute Gasteiger partial charge is 0.351 e. The zero-order chi connectivity index (χ0) is 20.4. The van der Waals surface area contributed by atoms with Crippen LogP contribution in [0, 0.1) is 0 Å². The molecule has 0 aliphatic rings. The maximum absolute atomic E-state index is 12.6. The van der Waals surface area contributed by atoms with Gasteiger partial charge in [-0.3, -0.25) is 4.90 Å². The Bertz CT molecular complexity index is 1100. The van der Waals surface area contributed by atoms with Crippen molar-refractivity contribution in [3.63, 3.8) is 0 Å². The van der Waals surface area contributed by atoms with Gasteiger partial charge in [0, 0.05) is 24.9 Å². The van der Waals surface area contributed by atoms with Gasteiger partial charge in [-0.25, -0.2) is 14.4 Å². The van der Waals surface area contributed by atoms with Gasteiger partial charge >= 0.3 is 17.6 Å². The average molecular weight is 402 g/mol. The van der Waals surface area contributed by atoms with E-state index in [1.54, 1.807) is 20.2 Å². The first-order valence-corrected chi connectivity index (χ1v) is 9.17. The van der Waals surface area contributed by atoms with E-state index in [9.17, 15) is 14.4 Å². The highest BCUT2D eigenvalue weighted by Gasteiger charge is 2.18. The van der Waals surface area contributed by atoms with E-state index in [0.717, 1.165) is 23.3 Å². The molecule has 0 aliphatic heterocycles. The summed E-state index contributed by atoms with van der Waals surface area (Å²) in [5.41, 5.74) is 0.455. The fraction of sp³-hybridized carbons (Fsp3) is 0.211. The van der Waals surface area contributed by atoms with Crippen molar-refractivity contribution in [3.8, 4) is 5.75 Å². The lowest BCUT2D eigenvalue weighted by atomic mass is 10.1. The number of fused-ring (bicyclic) bond motifs is 1. The van der Waals surface area contributed by atoms with Gasteiger partial charge in [-0.1, -0.05) is 6.92 Å². The molecule has 28 heavy (non-hydrogen) atoms. The number of nitrogens with zero attached hydrogens (tertiary/aromatic N) is 1. The van der Waals surface area contributed by atoms with E-state index in [-0.39, 0.29) is 5.58 Å². The van der Waals surface area contributed by atoms with Crippen molar-refractivity contribution in [2.75, 3.05) is 24.4 Å². The van der Waals surface area contributed by atoms with Crippen molar-refractivity contribution < 1.29 is 23.8 Å². The Balaban J connectivity index is 1.87. The summed E-state index contributed by atoms with van der Waals surface area (Å²) in [7, 11) is 3.13. The molecule has 0 bridgehead atoms. The highest BCUT2D eigenvalue weighted by Crippen LogP contribution is 2.32. The van der Waals surface area contributed by atoms with Crippen LogP contribution in [0.15, 0.2) is 39.5 Å². The van der Waals surface area contributed by atoms with Crippen LogP contribution in [0.25, 0.3) is 10.3 Å². The number of carbonyl (C=O) groups excluding carboxylic acids is 1. The van der Waals surface area contributed by atoms with E-state index < -0.39 is 23.2 Å². The summed E-state index contributed by atoms with van der Waals surface area (Å²) in [4.78, 5) is 36.8. The number of anilines is 2. The molecule has 0 atom stereocenters. The van der Waals surface area contributed by atoms with Gasteiger partial charge in [0.05, 0.1) is 11.8 Å². The van der Waals surface area contributed by atoms with Gasteiger partial charge in [-0.05, 0) is 30.2 Å². The molecule has 146 valence electrons. The van der Waals surface area contributed by atoms with Crippen LogP contribution in [-0.4, -0.2) is 31.3 Å². The van der Waals surface area contributed by atoms with E-state index in [2.05, 4.69) is 5.32 Å². The summed E-state index contributed by atoms with van der Waals surface area (Å²) < 4.78 is 10.8. The van der Waals surface area contributed by atoms with E-state index in [1.807, 2.05) is 19.1 Å². The standard InChI is InChI=1S/C19H18N2O6S/c1-4-10-5-11(7-12(6-10)26-3)20-19(25)21(2)16-9-14-15(28-16)8-13(17(22)23)18(24)27-14/h5-9H,4H2,1-3H3,(H,20,25)(H,22,23). The zero-order valence-corrected chi connectivity index (χ0v) is 16.3. The molecule has 2 heterocycles. The van der Waals surface area contributed by atoms with Crippen LogP contribution in [0.1, 0.15) is 22.8 Å². The fourth-order valence-electron chi connectivity index (χ4n) is 2.58. The van der Waals surface area contributed by atoms with Gasteiger partial charge < -0.3 is 19.6 Å². The predicted octanol–water partition coefficient (Wildman–Crippen LogP) is 3.79. The summed E-state index contributed by atoms with van der Waals surface area (Å²) in [6, 6.07) is 7.84. The van der Waals surface area contributed by atoms with E-state index in [1.165, 1.54) is 17.0 Å². The number of thiophene rings is 1. The monoisotopic (exact) mass is 402 g/mol. The lowest BCUT2D eigenvalue weighted by Gasteiger charge is -2.16. The molecule has 0 spiro atoms. The molecule has 2 aromatic heterocycles. The van der Waals surface area contributed by atoms with Gasteiger partial charge in [-0.2, -0.15) is 0 Å². The number of ether oxygens (including phenoxy) is 1. The number of carbonyl (C=O) groups is 2. The molecular weight excluding hydrogens is 384 g/mol. The fourth-order valence-corrected chi connectivity index (χ4v) is 3.57. The summed E-state index contributed by atoms with van der Waals surface area (Å²) in [6.45, 7) is 2.00. The SMILES string of the molecule is CCc1cc(NC(=O)N(C)c2cc3oc(=O)c(C(=O)O)cc3s2)cc(OC)c1. The molecular formula is C19H18N2O6S. The summed E-state index contributed by atoms with van der Waals surface area (Å²) >= 11 is 1.14. The van der Waals surface area contributed by atoms with Crippen molar-refractivity contribution in [1.82, 2.24) is 0 Å². The average Bonchev–Trinajstić information content (AvgIpc) is 3.08. The second-order valence-electron chi connectivity index (χ2n) is 5.98. The molecule has 0 radical (unpaired) electrons. The molecule has 3 aromatic rings. The molecule has 2 N–H and O–H groups in total. The number of benzene rings is 1. The van der Waals surface area contributed by atoms with Crippen LogP contribution in [0.4, 0.5) is 15.5 Å². The first-order chi connectivity index (χ1) is 13.3. The molecule has 0 unspecified atom stereocenters. The first kappa shape index (κ1) is 19.4. The van der Waals surface area contributed by atoms with Crippen molar-refractivity contribution in [2.45, 2.75) is 13.3 Å². The molecule has 0 fully saturated rings. The van der Waals surface area contributed by atoms with E-state index >= 15 is 0 Å². The number of hydrogen-bond donors (Lipinski definition) is 2. The third-order valence-corrected chi connectivity index (χ3v) is 5.28. The van der Waals surface area contributed by atoms with Crippen molar-refractivity contribution in [2.24, 2.45) is 0 Å². The molecule has 3 rings (SSSR count). The minimum atomic E-state index is -1.36. The molecule has 2 amide bonds. The van der Waals surface area contributed by atoms with Crippen LogP contribution in [0.3, 0.4) is 0 Å². The second kappa shape index (κ2) is 7.73. The van der Waals surface area contributed by atoms with Crippen LogP contribution in [0.5, 0.6) is 5.75 Å². The zero-order valence-electron chi connectivity index (χ0n) is 15.4. The topological polar surface area (TPSA) is 109 Å². The van der Waals surface area contributed by atoms with Crippen molar-refractivity contribution in [1.29, 1.82) is 0 Å². The highest BCUT2D eigenvalue weighted by molar-refractivity contribution is 7.22. The Morgan fingerprint density at radius 3 is 2.64 bits per heavy atom. The Labute approximate surface area is 164 Å². The van der Waals surface area contributed by atoms with Crippen LogP contribution < -0.4 is 20.6 Å². The number of amides is 2. The number of aryl methyl sites for hydroxylation is 1. The molecule has 0 aliphatic carbocycles. The van der Waals surface area contributed by atoms with Gasteiger partial charge in [0.15, 0.2) is 5.58 Å². The second-order valence-corrected chi connectivity index (χ2v) is 7.04. The number of aromatic carboxylic acids is 1. The third kappa shape index (κ3) is 3.84. The number of methoxy groups -OCH3 is 1. The molecule has 9 heteroatoms. The van der Waals surface area contributed by atoms with E-state index in [0.29, 0.717) is 21.1 Å². The predicted molar refractivity (Wildman–Crippen MR) is 107 cm³/mol. The Morgan fingerprint density at radius 2 is 2.00 bits per heavy atom. The van der Waals surface area contributed by atoms with Crippen LogP contribution in [0.2, 0.25) is 0 Å². The van der Waals surface area contributed by atoms with Gasteiger partial charge in [0.2, 0.25) is 0 Å².